The maximum atomic E-state index is 13.5. The first kappa shape index (κ1) is 13.2. The number of nitrogens with zero attached hydrogens (tertiary/aromatic N) is 1. The van der Waals surface area contributed by atoms with Crippen LogP contribution in [0, 0.1) is 5.95 Å². The fourth-order valence-electron chi connectivity index (χ4n) is 1.76. The molecule has 1 atom stereocenters. The summed E-state index contributed by atoms with van der Waals surface area (Å²) in [5.74, 6) is -1.57. The van der Waals surface area contributed by atoms with Crippen molar-refractivity contribution >= 4 is 5.97 Å². The normalized spacial score (nSPS) is 12.1. The number of halogens is 1. The minimum absolute atomic E-state index is 0.241. The van der Waals surface area contributed by atoms with Gasteiger partial charge >= 0.3 is 5.97 Å². The number of aliphatic carboxylic acids is 1. The predicted molar refractivity (Wildman–Crippen MR) is 68.9 cm³/mol. The summed E-state index contributed by atoms with van der Waals surface area (Å²) in [4.78, 5) is 14.2. The summed E-state index contributed by atoms with van der Waals surface area (Å²) < 4.78 is 13.5. The van der Waals surface area contributed by atoms with E-state index in [9.17, 15) is 9.18 Å². The van der Waals surface area contributed by atoms with Gasteiger partial charge in [-0.15, -0.1) is 0 Å². The average Bonchev–Trinajstić information content (AvgIpc) is 2.40. The lowest BCUT2D eigenvalue weighted by Gasteiger charge is -2.07. The minimum atomic E-state index is -1.04. The number of aromatic nitrogens is 1. The number of hydrogen-bond donors (Lipinski definition) is 2. The average molecular weight is 260 g/mol. The van der Waals surface area contributed by atoms with Crippen LogP contribution in [0.15, 0.2) is 42.6 Å². The molecule has 0 aliphatic rings. The van der Waals surface area contributed by atoms with Gasteiger partial charge in [0.25, 0.3) is 0 Å². The molecule has 98 valence electrons. The molecule has 0 spiro atoms. The van der Waals surface area contributed by atoms with Gasteiger partial charge in [-0.25, -0.2) is 4.98 Å². The van der Waals surface area contributed by atoms with Crippen molar-refractivity contribution in [1.82, 2.24) is 4.98 Å². The summed E-state index contributed by atoms with van der Waals surface area (Å²) in [6, 6.07) is 9.30. The first-order valence-electron chi connectivity index (χ1n) is 5.76. The zero-order valence-electron chi connectivity index (χ0n) is 10.1. The Labute approximate surface area is 109 Å². The lowest BCUT2D eigenvalue weighted by atomic mass is 10.0. The third-order valence-corrected chi connectivity index (χ3v) is 2.80. The van der Waals surface area contributed by atoms with E-state index in [-0.39, 0.29) is 6.42 Å². The van der Waals surface area contributed by atoms with Gasteiger partial charge in [0, 0.05) is 11.8 Å². The largest absolute Gasteiger partial charge is 0.480 e. The first-order chi connectivity index (χ1) is 9.08. The maximum absolute atomic E-state index is 13.5. The number of rotatable bonds is 4. The molecule has 0 bridgehead atoms. The standard InChI is InChI=1S/C14H13FN2O2/c15-13-11(2-1-7-17-13)10-5-3-9(4-6-10)8-12(16)14(18)19/h1-7,12H,8,16H2,(H,18,19)/t12-/m1/s1. The second kappa shape index (κ2) is 5.58. The lowest BCUT2D eigenvalue weighted by molar-refractivity contribution is -0.138. The van der Waals surface area contributed by atoms with Crippen LogP contribution in [0.4, 0.5) is 4.39 Å². The number of pyridine rings is 1. The van der Waals surface area contributed by atoms with Gasteiger partial charge in [-0.05, 0) is 29.7 Å². The number of benzene rings is 1. The molecule has 3 N–H and O–H groups in total. The molecular weight excluding hydrogens is 247 g/mol. The van der Waals surface area contributed by atoms with Crippen molar-refractivity contribution in [3.63, 3.8) is 0 Å². The number of carboxylic acids is 1. The highest BCUT2D eigenvalue weighted by Crippen LogP contribution is 2.21. The van der Waals surface area contributed by atoms with E-state index in [1.54, 1.807) is 36.4 Å². The van der Waals surface area contributed by atoms with Crippen molar-refractivity contribution in [2.45, 2.75) is 12.5 Å². The molecule has 2 aromatic rings. The van der Waals surface area contributed by atoms with Gasteiger partial charge in [0.2, 0.25) is 5.95 Å². The zero-order chi connectivity index (χ0) is 13.8. The van der Waals surface area contributed by atoms with Crippen LogP contribution < -0.4 is 5.73 Å². The second-order valence-corrected chi connectivity index (χ2v) is 4.19. The molecule has 2 rings (SSSR count). The van der Waals surface area contributed by atoms with Crippen molar-refractivity contribution in [3.05, 3.63) is 54.1 Å². The third kappa shape index (κ3) is 3.14. The van der Waals surface area contributed by atoms with Crippen molar-refractivity contribution in [3.8, 4) is 11.1 Å². The SMILES string of the molecule is N[C@H](Cc1ccc(-c2cccnc2F)cc1)C(=O)O. The van der Waals surface area contributed by atoms with Crippen molar-refractivity contribution < 1.29 is 14.3 Å². The maximum Gasteiger partial charge on any atom is 0.320 e. The summed E-state index contributed by atoms with van der Waals surface area (Å²) in [7, 11) is 0. The van der Waals surface area contributed by atoms with Crippen molar-refractivity contribution in [1.29, 1.82) is 0 Å². The Morgan fingerprint density at radius 1 is 1.32 bits per heavy atom. The highest BCUT2D eigenvalue weighted by Gasteiger charge is 2.12. The van der Waals surface area contributed by atoms with Gasteiger partial charge < -0.3 is 10.8 Å². The molecule has 1 aromatic carbocycles. The molecule has 0 saturated heterocycles. The number of hydrogen-bond acceptors (Lipinski definition) is 3. The van der Waals surface area contributed by atoms with Crippen LogP contribution in [0.1, 0.15) is 5.56 Å². The van der Waals surface area contributed by atoms with E-state index >= 15 is 0 Å². The molecule has 0 fully saturated rings. The van der Waals surface area contributed by atoms with Crippen molar-refractivity contribution in [2.24, 2.45) is 5.73 Å². The molecule has 0 aliphatic heterocycles. The van der Waals surface area contributed by atoms with Gasteiger partial charge in [0.05, 0.1) is 0 Å². The molecule has 4 nitrogen and oxygen atoms in total. The summed E-state index contributed by atoms with van der Waals surface area (Å²) >= 11 is 0. The van der Waals surface area contributed by atoms with Crippen LogP contribution in [0.3, 0.4) is 0 Å². The Bertz CT molecular complexity index is 584. The number of carbonyl (C=O) groups is 1. The van der Waals surface area contributed by atoms with E-state index in [0.717, 1.165) is 5.56 Å². The molecular formula is C14H13FN2O2. The Morgan fingerprint density at radius 3 is 2.58 bits per heavy atom. The van der Waals surface area contributed by atoms with E-state index in [1.165, 1.54) is 6.20 Å². The van der Waals surface area contributed by atoms with Crippen LogP contribution >= 0.6 is 0 Å². The zero-order valence-corrected chi connectivity index (χ0v) is 10.1. The topological polar surface area (TPSA) is 76.2 Å². The van der Waals surface area contributed by atoms with Gasteiger partial charge in [-0.3, -0.25) is 4.79 Å². The van der Waals surface area contributed by atoms with E-state index in [2.05, 4.69) is 4.98 Å². The first-order valence-corrected chi connectivity index (χ1v) is 5.76. The van der Waals surface area contributed by atoms with Gasteiger partial charge in [0.1, 0.15) is 6.04 Å². The molecule has 0 amide bonds. The van der Waals surface area contributed by atoms with Crippen LogP contribution in [0.25, 0.3) is 11.1 Å². The van der Waals surface area contributed by atoms with Gasteiger partial charge in [-0.2, -0.15) is 4.39 Å². The molecule has 5 heteroatoms. The van der Waals surface area contributed by atoms with Crippen LogP contribution in [-0.4, -0.2) is 22.1 Å². The van der Waals surface area contributed by atoms with Gasteiger partial charge in [0.15, 0.2) is 0 Å². The Morgan fingerprint density at radius 2 is 2.00 bits per heavy atom. The third-order valence-electron chi connectivity index (χ3n) is 2.80. The second-order valence-electron chi connectivity index (χ2n) is 4.19. The molecule has 0 unspecified atom stereocenters. The van der Waals surface area contributed by atoms with E-state index in [1.807, 2.05) is 0 Å². The van der Waals surface area contributed by atoms with Crippen LogP contribution in [-0.2, 0) is 11.2 Å². The summed E-state index contributed by atoms with van der Waals surface area (Å²) in [6.07, 6.45) is 1.63. The van der Waals surface area contributed by atoms with Crippen molar-refractivity contribution in [2.75, 3.05) is 0 Å². The predicted octanol–water partition coefficient (Wildman–Crippen LogP) is 1.84. The molecule has 0 radical (unpaired) electrons. The molecule has 0 aliphatic carbocycles. The monoisotopic (exact) mass is 260 g/mol. The summed E-state index contributed by atoms with van der Waals surface area (Å²) in [5, 5.41) is 8.73. The van der Waals surface area contributed by atoms with E-state index in [4.69, 9.17) is 10.8 Å². The highest BCUT2D eigenvalue weighted by atomic mass is 19.1. The van der Waals surface area contributed by atoms with E-state index < -0.39 is 18.0 Å². The summed E-state index contributed by atoms with van der Waals surface area (Å²) in [5.41, 5.74) is 7.35. The lowest BCUT2D eigenvalue weighted by Crippen LogP contribution is -2.32. The molecule has 19 heavy (non-hydrogen) atoms. The number of carboxylic acid groups (broad SMARTS) is 1. The highest BCUT2D eigenvalue weighted by molar-refractivity contribution is 5.73. The number of nitrogens with two attached hydrogens (primary N) is 1. The Kier molecular flexibility index (Phi) is 3.87. The quantitative estimate of drug-likeness (QED) is 0.822. The van der Waals surface area contributed by atoms with Crippen LogP contribution in [0.2, 0.25) is 0 Å². The fraction of sp³-hybridized carbons (Fsp3) is 0.143. The minimum Gasteiger partial charge on any atom is -0.480 e. The molecule has 1 heterocycles. The smallest absolute Gasteiger partial charge is 0.320 e. The summed E-state index contributed by atoms with van der Waals surface area (Å²) in [6.45, 7) is 0. The molecule has 0 saturated carbocycles. The van der Waals surface area contributed by atoms with Crippen LogP contribution in [0.5, 0.6) is 0 Å². The molecule has 1 aromatic heterocycles. The van der Waals surface area contributed by atoms with Gasteiger partial charge in [-0.1, -0.05) is 24.3 Å². The Hall–Kier alpha value is -2.27. The Balaban J connectivity index is 2.19. The fourth-order valence-corrected chi connectivity index (χ4v) is 1.76. The van der Waals surface area contributed by atoms with E-state index in [0.29, 0.717) is 11.1 Å².